The van der Waals surface area contributed by atoms with Crippen LogP contribution in [0.1, 0.15) is 25.0 Å². The van der Waals surface area contributed by atoms with Gasteiger partial charge in [0.25, 0.3) is 0 Å². The normalized spacial score (nSPS) is 25.7. The Balaban J connectivity index is 1.62. The van der Waals surface area contributed by atoms with E-state index < -0.39 is 0 Å². The van der Waals surface area contributed by atoms with Gasteiger partial charge in [0, 0.05) is 12.5 Å². The van der Waals surface area contributed by atoms with Crippen molar-refractivity contribution in [2.24, 2.45) is 5.92 Å². The van der Waals surface area contributed by atoms with Crippen LogP contribution in [0.4, 0.5) is 4.79 Å². The van der Waals surface area contributed by atoms with E-state index in [2.05, 4.69) is 24.3 Å². The maximum absolute atomic E-state index is 12.8. The molecule has 1 fully saturated rings. The molecule has 0 spiro atoms. The minimum absolute atomic E-state index is 0.0414. The molecule has 5 nitrogen and oxygen atoms in total. The van der Waals surface area contributed by atoms with Crippen molar-refractivity contribution in [3.05, 3.63) is 95.6 Å². The number of hydrogen-bond acceptors (Lipinski definition) is 4. The molecule has 2 aromatic carbocycles. The Labute approximate surface area is 190 Å². The number of nitrogens with zero attached hydrogens (tertiary/aromatic N) is 1. The summed E-state index contributed by atoms with van der Waals surface area (Å²) in [7, 11) is 0. The third-order valence-electron chi connectivity index (χ3n) is 6.12. The Bertz CT molecular complexity index is 941. The zero-order valence-corrected chi connectivity index (χ0v) is 18.7. The molecule has 0 aromatic heterocycles. The van der Waals surface area contributed by atoms with Crippen LogP contribution in [0, 0.1) is 5.92 Å². The highest BCUT2D eigenvalue weighted by Crippen LogP contribution is 2.42. The second-order valence-electron chi connectivity index (χ2n) is 8.06. The number of allylic oxidation sites excluding steroid dienone is 1. The van der Waals surface area contributed by atoms with Gasteiger partial charge in [0.2, 0.25) is 0 Å². The predicted molar refractivity (Wildman–Crippen MR) is 124 cm³/mol. The van der Waals surface area contributed by atoms with E-state index >= 15 is 0 Å². The first-order chi connectivity index (χ1) is 15.7. The lowest BCUT2D eigenvalue weighted by Gasteiger charge is -2.36. The van der Waals surface area contributed by atoms with Gasteiger partial charge in [0.1, 0.15) is 12.2 Å². The molecular weight excluding hydrogens is 402 g/mol. The topological polar surface area (TPSA) is 48.0 Å². The average molecular weight is 434 g/mol. The predicted octanol–water partition coefficient (Wildman–Crippen LogP) is 5.13. The lowest BCUT2D eigenvalue weighted by Crippen LogP contribution is -2.51. The van der Waals surface area contributed by atoms with E-state index in [9.17, 15) is 4.79 Å². The summed E-state index contributed by atoms with van der Waals surface area (Å²) < 4.78 is 18.3. The van der Waals surface area contributed by atoms with Gasteiger partial charge in [-0.25, -0.2) is 4.79 Å². The van der Waals surface area contributed by atoms with E-state index in [1.807, 2.05) is 68.5 Å². The minimum Gasteiger partial charge on any atom is -0.450 e. The van der Waals surface area contributed by atoms with Crippen molar-refractivity contribution in [3.8, 4) is 0 Å². The molecule has 4 rings (SSSR count). The molecule has 0 radical (unpaired) electrons. The minimum atomic E-state index is -0.306. The van der Waals surface area contributed by atoms with Crippen molar-refractivity contribution in [2.75, 3.05) is 13.2 Å². The van der Waals surface area contributed by atoms with Crippen molar-refractivity contribution in [1.82, 2.24) is 4.90 Å². The van der Waals surface area contributed by atoms with Crippen LogP contribution in [-0.2, 0) is 27.4 Å². The molecule has 0 bridgehead atoms. The first-order valence-electron chi connectivity index (χ1n) is 11.3. The molecule has 2 aliphatic rings. The van der Waals surface area contributed by atoms with Crippen LogP contribution in [0.15, 0.2) is 84.5 Å². The summed E-state index contributed by atoms with van der Waals surface area (Å²) >= 11 is 0. The molecule has 32 heavy (non-hydrogen) atoms. The smallest absolute Gasteiger partial charge is 0.410 e. The van der Waals surface area contributed by atoms with Gasteiger partial charge in [-0.2, -0.15) is 0 Å². The SMILES string of the molecule is C/C=C1/[C@@H]2C=CCN(C(=O)OCC)[C@@H]2[C@H](OCc2ccccc2)[C@H]1OCc1ccccc1. The number of ether oxygens (including phenoxy) is 3. The first kappa shape index (κ1) is 22.3. The van der Waals surface area contributed by atoms with Gasteiger partial charge in [-0.05, 0) is 30.5 Å². The van der Waals surface area contributed by atoms with Gasteiger partial charge in [-0.1, -0.05) is 78.9 Å². The third-order valence-corrected chi connectivity index (χ3v) is 6.12. The highest BCUT2D eigenvalue weighted by atomic mass is 16.6. The molecule has 1 saturated carbocycles. The van der Waals surface area contributed by atoms with E-state index in [4.69, 9.17) is 14.2 Å². The Kier molecular flexibility index (Phi) is 7.40. The molecule has 1 amide bonds. The van der Waals surface area contributed by atoms with E-state index in [1.165, 1.54) is 0 Å². The van der Waals surface area contributed by atoms with Gasteiger partial charge in [-0.3, -0.25) is 4.90 Å². The molecule has 168 valence electrons. The summed E-state index contributed by atoms with van der Waals surface area (Å²) in [6.07, 6.45) is 5.47. The second-order valence-corrected chi connectivity index (χ2v) is 8.06. The fourth-order valence-electron chi connectivity index (χ4n) is 4.66. The van der Waals surface area contributed by atoms with E-state index in [0.29, 0.717) is 26.4 Å². The molecule has 0 N–H and O–H groups in total. The average Bonchev–Trinajstić information content (AvgIpc) is 3.15. The van der Waals surface area contributed by atoms with Crippen LogP contribution in [-0.4, -0.2) is 42.4 Å². The molecular formula is C27H31NO4. The van der Waals surface area contributed by atoms with Gasteiger partial charge < -0.3 is 14.2 Å². The Hall–Kier alpha value is -2.89. The van der Waals surface area contributed by atoms with Crippen molar-refractivity contribution in [3.63, 3.8) is 0 Å². The molecule has 1 aliphatic heterocycles. The maximum atomic E-state index is 12.8. The summed E-state index contributed by atoms with van der Waals surface area (Å²) in [5.74, 6) is 0.0414. The van der Waals surface area contributed by atoms with Gasteiger partial charge in [0.15, 0.2) is 0 Å². The Morgan fingerprint density at radius 2 is 1.62 bits per heavy atom. The monoisotopic (exact) mass is 433 g/mol. The van der Waals surface area contributed by atoms with Crippen molar-refractivity contribution in [2.45, 2.75) is 45.3 Å². The first-order valence-corrected chi connectivity index (χ1v) is 11.3. The number of benzene rings is 2. The highest BCUT2D eigenvalue weighted by molar-refractivity contribution is 5.69. The van der Waals surface area contributed by atoms with Gasteiger partial charge >= 0.3 is 6.09 Å². The van der Waals surface area contributed by atoms with Crippen LogP contribution in [0.2, 0.25) is 0 Å². The molecule has 0 unspecified atom stereocenters. The lowest BCUT2D eigenvalue weighted by molar-refractivity contribution is -0.0830. The summed E-state index contributed by atoms with van der Waals surface area (Å²) in [4.78, 5) is 14.6. The fraction of sp³-hybridized carbons (Fsp3) is 0.370. The van der Waals surface area contributed by atoms with Crippen LogP contribution in [0.3, 0.4) is 0 Å². The van der Waals surface area contributed by atoms with Crippen LogP contribution < -0.4 is 0 Å². The molecule has 0 saturated heterocycles. The zero-order chi connectivity index (χ0) is 22.3. The standard InChI is InChI=1S/C27H31NO4/c1-3-22-23-16-11-17-28(27(29)30-4-2)24(23)26(32-19-21-14-9-6-10-15-21)25(22)31-18-20-12-7-5-8-13-20/h3,5-16,23-26H,4,17-19H2,1-2H3/b22-3-/t23-,24-,25-,26-/m0/s1. The van der Waals surface area contributed by atoms with E-state index in [-0.39, 0.29) is 30.3 Å². The summed E-state index contributed by atoms with van der Waals surface area (Å²) in [5, 5.41) is 0. The van der Waals surface area contributed by atoms with E-state index in [1.54, 1.807) is 4.90 Å². The van der Waals surface area contributed by atoms with Crippen LogP contribution >= 0.6 is 0 Å². The largest absolute Gasteiger partial charge is 0.450 e. The molecule has 1 heterocycles. The van der Waals surface area contributed by atoms with Crippen molar-refractivity contribution in [1.29, 1.82) is 0 Å². The molecule has 5 heteroatoms. The molecule has 1 aliphatic carbocycles. The summed E-state index contributed by atoms with van der Waals surface area (Å²) in [6, 6.07) is 20.1. The number of fused-ring (bicyclic) bond motifs is 1. The number of carbonyl (C=O) groups excluding carboxylic acids is 1. The van der Waals surface area contributed by atoms with Gasteiger partial charge in [-0.15, -0.1) is 0 Å². The molecule has 2 aromatic rings. The van der Waals surface area contributed by atoms with E-state index in [0.717, 1.165) is 16.7 Å². The third kappa shape index (κ3) is 4.79. The highest BCUT2D eigenvalue weighted by Gasteiger charge is 2.52. The number of hydrogen-bond donors (Lipinski definition) is 0. The maximum Gasteiger partial charge on any atom is 0.410 e. The Morgan fingerprint density at radius 3 is 2.22 bits per heavy atom. The lowest BCUT2D eigenvalue weighted by atomic mass is 9.94. The summed E-state index contributed by atoms with van der Waals surface area (Å²) in [6.45, 7) is 5.65. The van der Waals surface area contributed by atoms with Crippen molar-refractivity contribution >= 4 is 6.09 Å². The van der Waals surface area contributed by atoms with Crippen LogP contribution in [0.5, 0.6) is 0 Å². The number of amides is 1. The quantitative estimate of drug-likeness (QED) is 0.568. The second kappa shape index (κ2) is 10.6. The molecule has 4 atom stereocenters. The number of rotatable bonds is 7. The number of carbonyl (C=O) groups is 1. The van der Waals surface area contributed by atoms with Crippen molar-refractivity contribution < 1.29 is 19.0 Å². The Morgan fingerprint density at radius 1 is 1.00 bits per heavy atom. The van der Waals surface area contributed by atoms with Crippen LogP contribution in [0.25, 0.3) is 0 Å². The summed E-state index contributed by atoms with van der Waals surface area (Å²) in [5.41, 5.74) is 3.35. The fourth-order valence-corrected chi connectivity index (χ4v) is 4.66. The van der Waals surface area contributed by atoms with Gasteiger partial charge in [0.05, 0.1) is 25.9 Å². The zero-order valence-electron chi connectivity index (χ0n) is 18.7.